The van der Waals surface area contributed by atoms with Crippen molar-refractivity contribution in [3.8, 4) is 16.8 Å². The van der Waals surface area contributed by atoms with Gasteiger partial charge in [0.2, 0.25) is 0 Å². The molecule has 0 radical (unpaired) electrons. The summed E-state index contributed by atoms with van der Waals surface area (Å²) in [6.45, 7) is 2.11. The van der Waals surface area contributed by atoms with Crippen LogP contribution in [0.2, 0.25) is 0 Å². The van der Waals surface area contributed by atoms with Crippen LogP contribution in [-0.2, 0) is 5.75 Å². The van der Waals surface area contributed by atoms with E-state index >= 15 is 0 Å². The summed E-state index contributed by atoms with van der Waals surface area (Å²) >= 11 is 1.85. The van der Waals surface area contributed by atoms with Crippen LogP contribution in [0, 0.1) is 6.92 Å². The summed E-state index contributed by atoms with van der Waals surface area (Å²) in [4.78, 5) is 5.26. The van der Waals surface area contributed by atoms with Gasteiger partial charge in [0.1, 0.15) is 12.7 Å². The van der Waals surface area contributed by atoms with Crippen molar-refractivity contribution in [3.05, 3.63) is 96.6 Å². The summed E-state index contributed by atoms with van der Waals surface area (Å²) in [7, 11) is 0. The summed E-state index contributed by atoms with van der Waals surface area (Å²) in [6, 6.07) is 25.9. The summed E-state index contributed by atoms with van der Waals surface area (Å²) in [5.74, 6) is 0.946. The topological polar surface area (TPSA) is 30.7 Å². The molecule has 0 saturated heterocycles. The van der Waals surface area contributed by atoms with Crippen LogP contribution in [-0.4, -0.2) is 14.8 Å². The van der Waals surface area contributed by atoms with Gasteiger partial charge in [-0.2, -0.15) is 5.10 Å². The molecule has 0 atom stereocenters. The van der Waals surface area contributed by atoms with Crippen LogP contribution in [0.4, 0.5) is 0 Å². The van der Waals surface area contributed by atoms with Crippen LogP contribution in [0.1, 0.15) is 11.1 Å². The lowest BCUT2D eigenvalue weighted by Gasteiger charge is -2.06. The SMILES string of the molecule is Cc1ccc(-c2ccc(SCc3ccc(-n4cncn4)cc3)cc2)cc1. The maximum absolute atomic E-state index is 4.15. The summed E-state index contributed by atoms with van der Waals surface area (Å²) in [6.07, 6.45) is 3.25. The lowest BCUT2D eigenvalue weighted by atomic mass is 10.0. The van der Waals surface area contributed by atoms with Gasteiger partial charge >= 0.3 is 0 Å². The van der Waals surface area contributed by atoms with E-state index in [2.05, 4.69) is 89.8 Å². The molecular formula is C22H19N3S. The number of hydrogen-bond acceptors (Lipinski definition) is 3. The van der Waals surface area contributed by atoms with Crippen molar-refractivity contribution >= 4 is 11.8 Å². The largest absolute Gasteiger partial charge is 0.223 e. The van der Waals surface area contributed by atoms with Gasteiger partial charge in [-0.15, -0.1) is 11.8 Å². The molecule has 0 saturated carbocycles. The third kappa shape index (κ3) is 3.86. The van der Waals surface area contributed by atoms with E-state index in [1.165, 1.54) is 27.1 Å². The van der Waals surface area contributed by atoms with Crippen LogP contribution in [0.5, 0.6) is 0 Å². The van der Waals surface area contributed by atoms with Gasteiger partial charge < -0.3 is 0 Å². The maximum Gasteiger partial charge on any atom is 0.138 e. The zero-order valence-corrected chi connectivity index (χ0v) is 15.4. The Bertz CT molecular complexity index is 958. The Morgan fingerprint density at radius 3 is 2.08 bits per heavy atom. The molecule has 4 aromatic rings. The predicted molar refractivity (Wildman–Crippen MR) is 108 cm³/mol. The van der Waals surface area contributed by atoms with Crippen molar-refractivity contribution in [2.75, 3.05) is 0 Å². The van der Waals surface area contributed by atoms with Gasteiger partial charge in [-0.1, -0.05) is 54.1 Å². The minimum atomic E-state index is 0.946. The van der Waals surface area contributed by atoms with Crippen LogP contribution in [0.3, 0.4) is 0 Å². The summed E-state index contributed by atoms with van der Waals surface area (Å²) < 4.78 is 1.76. The maximum atomic E-state index is 4.15. The average Bonchev–Trinajstić information content (AvgIpc) is 3.23. The van der Waals surface area contributed by atoms with Crippen LogP contribution in [0.15, 0.2) is 90.3 Å². The van der Waals surface area contributed by atoms with Gasteiger partial charge in [0.05, 0.1) is 5.69 Å². The van der Waals surface area contributed by atoms with Gasteiger partial charge in [-0.25, -0.2) is 9.67 Å². The van der Waals surface area contributed by atoms with Crippen molar-refractivity contribution in [2.45, 2.75) is 17.6 Å². The van der Waals surface area contributed by atoms with Gasteiger partial charge in [-0.05, 0) is 47.9 Å². The Balaban J connectivity index is 1.39. The zero-order valence-electron chi connectivity index (χ0n) is 14.5. The molecular weight excluding hydrogens is 338 g/mol. The average molecular weight is 357 g/mol. The molecule has 3 nitrogen and oxygen atoms in total. The molecule has 26 heavy (non-hydrogen) atoms. The molecule has 128 valence electrons. The molecule has 0 unspecified atom stereocenters. The zero-order chi connectivity index (χ0) is 17.8. The van der Waals surface area contributed by atoms with Gasteiger partial charge in [0.25, 0.3) is 0 Å². The normalized spacial score (nSPS) is 10.8. The van der Waals surface area contributed by atoms with Crippen molar-refractivity contribution in [2.24, 2.45) is 0 Å². The fraction of sp³-hybridized carbons (Fsp3) is 0.0909. The van der Waals surface area contributed by atoms with E-state index < -0.39 is 0 Å². The Morgan fingerprint density at radius 2 is 1.46 bits per heavy atom. The quantitative estimate of drug-likeness (QED) is 0.440. The smallest absolute Gasteiger partial charge is 0.138 e. The first kappa shape index (κ1) is 16.6. The highest BCUT2D eigenvalue weighted by atomic mass is 32.2. The number of benzene rings is 3. The number of thioether (sulfide) groups is 1. The van der Waals surface area contributed by atoms with Gasteiger partial charge in [0.15, 0.2) is 0 Å². The first-order valence-electron chi connectivity index (χ1n) is 8.52. The standard InChI is InChI=1S/C22H19N3S/c1-17-2-6-19(7-3-17)20-8-12-22(13-9-20)26-14-18-4-10-21(11-5-18)25-16-23-15-24-25/h2-13,15-16H,14H2,1H3. The fourth-order valence-electron chi connectivity index (χ4n) is 2.74. The van der Waals surface area contributed by atoms with E-state index in [4.69, 9.17) is 0 Å². The van der Waals surface area contributed by atoms with Gasteiger partial charge in [-0.3, -0.25) is 0 Å². The van der Waals surface area contributed by atoms with E-state index in [0.29, 0.717) is 0 Å². The highest BCUT2D eigenvalue weighted by molar-refractivity contribution is 7.98. The Kier molecular flexibility index (Phi) is 4.84. The molecule has 4 rings (SSSR count). The van der Waals surface area contributed by atoms with E-state index in [1.807, 2.05) is 11.8 Å². The van der Waals surface area contributed by atoms with Crippen LogP contribution in [0.25, 0.3) is 16.8 Å². The van der Waals surface area contributed by atoms with Crippen LogP contribution >= 0.6 is 11.8 Å². The summed E-state index contributed by atoms with van der Waals surface area (Å²) in [5.41, 5.74) is 6.12. The predicted octanol–water partition coefficient (Wildman–Crippen LogP) is 5.54. The van der Waals surface area contributed by atoms with Crippen LogP contribution < -0.4 is 0 Å². The Labute approximate surface area is 157 Å². The second-order valence-electron chi connectivity index (χ2n) is 6.19. The molecule has 0 fully saturated rings. The first-order valence-corrected chi connectivity index (χ1v) is 9.50. The minimum absolute atomic E-state index is 0.946. The molecule has 3 aromatic carbocycles. The van der Waals surface area contributed by atoms with Crippen molar-refractivity contribution < 1.29 is 0 Å². The Morgan fingerprint density at radius 1 is 0.808 bits per heavy atom. The van der Waals surface area contributed by atoms with E-state index in [1.54, 1.807) is 17.3 Å². The number of rotatable bonds is 5. The van der Waals surface area contributed by atoms with E-state index in [0.717, 1.165) is 11.4 Å². The lowest BCUT2D eigenvalue weighted by molar-refractivity contribution is 0.878. The Hall–Kier alpha value is -2.85. The third-order valence-electron chi connectivity index (χ3n) is 4.26. The van der Waals surface area contributed by atoms with Crippen molar-refractivity contribution in [3.63, 3.8) is 0 Å². The second-order valence-corrected chi connectivity index (χ2v) is 7.23. The number of nitrogens with zero attached hydrogens (tertiary/aromatic N) is 3. The van der Waals surface area contributed by atoms with Gasteiger partial charge in [0, 0.05) is 10.6 Å². The highest BCUT2D eigenvalue weighted by Crippen LogP contribution is 2.27. The third-order valence-corrected chi connectivity index (χ3v) is 5.35. The molecule has 0 aliphatic rings. The molecule has 4 heteroatoms. The molecule has 0 bridgehead atoms. The monoisotopic (exact) mass is 357 g/mol. The molecule has 0 amide bonds. The lowest BCUT2D eigenvalue weighted by Crippen LogP contribution is -1.94. The van der Waals surface area contributed by atoms with E-state index in [-0.39, 0.29) is 0 Å². The molecule has 0 N–H and O–H groups in total. The number of aromatic nitrogens is 3. The molecule has 1 aromatic heterocycles. The minimum Gasteiger partial charge on any atom is -0.223 e. The second kappa shape index (κ2) is 7.58. The highest BCUT2D eigenvalue weighted by Gasteiger charge is 2.01. The number of hydrogen-bond donors (Lipinski definition) is 0. The van der Waals surface area contributed by atoms with E-state index in [9.17, 15) is 0 Å². The molecule has 0 aliphatic heterocycles. The first-order chi connectivity index (χ1) is 12.8. The van der Waals surface area contributed by atoms with Crippen molar-refractivity contribution in [1.29, 1.82) is 0 Å². The fourth-order valence-corrected chi connectivity index (χ4v) is 3.60. The van der Waals surface area contributed by atoms with Crippen molar-refractivity contribution in [1.82, 2.24) is 14.8 Å². The summed E-state index contributed by atoms with van der Waals surface area (Å²) in [5, 5.41) is 4.15. The molecule has 0 spiro atoms. The number of aryl methyl sites for hydroxylation is 1. The molecule has 1 heterocycles. The molecule has 0 aliphatic carbocycles.